The third kappa shape index (κ3) is 3.49. The molecule has 1 N–H and O–H groups in total. The molecule has 2 nitrogen and oxygen atoms in total. The van der Waals surface area contributed by atoms with Crippen LogP contribution < -0.4 is 5.32 Å². The Hall–Kier alpha value is -1.48. The third-order valence-electron chi connectivity index (χ3n) is 2.53. The molecule has 0 saturated heterocycles. The molecule has 1 heterocycles. The largest absolute Gasteiger partial charge is 0.349 e. The van der Waals surface area contributed by atoms with Crippen LogP contribution in [0, 0.1) is 0 Å². The first-order valence-corrected chi connectivity index (χ1v) is 6.44. The summed E-state index contributed by atoms with van der Waals surface area (Å²) in [5.74, 6) is 0.00142. The summed E-state index contributed by atoms with van der Waals surface area (Å²) in [6, 6.07) is 10.3. The van der Waals surface area contributed by atoms with E-state index in [1.165, 1.54) is 4.90 Å². The molecule has 0 radical (unpaired) electrons. The lowest BCUT2D eigenvalue weighted by atomic mass is 10.1. The van der Waals surface area contributed by atoms with Crippen LogP contribution in [0.15, 0.2) is 58.9 Å². The van der Waals surface area contributed by atoms with E-state index in [9.17, 15) is 4.79 Å². The highest BCUT2D eigenvalue weighted by molar-refractivity contribution is 8.03. The minimum absolute atomic E-state index is 0.00142. The minimum Gasteiger partial charge on any atom is -0.349 e. The maximum atomic E-state index is 11.5. The van der Waals surface area contributed by atoms with E-state index in [-0.39, 0.29) is 11.9 Å². The first-order chi connectivity index (χ1) is 8.28. The number of thioether (sulfide) groups is 1. The van der Waals surface area contributed by atoms with E-state index in [1.807, 2.05) is 24.3 Å². The van der Waals surface area contributed by atoms with Crippen molar-refractivity contribution in [3.8, 4) is 0 Å². The maximum absolute atomic E-state index is 11.5. The first-order valence-electron chi connectivity index (χ1n) is 5.63. The van der Waals surface area contributed by atoms with Gasteiger partial charge < -0.3 is 5.32 Å². The van der Waals surface area contributed by atoms with E-state index in [1.54, 1.807) is 17.8 Å². The van der Waals surface area contributed by atoms with Gasteiger partial charge in [-0.1, -0.05) is 36.0 Å². The number of nitrogens with one attached hydrogen (secondary N) is 1. The van der Waals surface area contributed by atoms with Crippen molar-refractivity contribution in [2.24, 2.45) is 0 Å². The van der Waals surface area contributed by atoms with Gasteiger partial charge in [0.05, 0.1) is 0 Å². The van der Waals surface area contributed by atoms with Gasteiger partial charge in [-0.15, -0.1) is 6.58 Å². The van der Waals surface area contributed by atoms with Crippen molar-refractivity contribution >= 4 is 17.7 Å². The third-order valence-corrected chi connectivity index (χ3v) is 3.58. The smallest absolute Gasteiger partial charge is 0.245 e. The number of hydrogen-bond acceptors (Lipinski definition) is 2. The highest BCUT2D eigenvalue weighted by atomic mass is 32.2. The Labute approximate surface area is 106 Å². The van der Waals surface area contributed by atoms with Crippen molar-refractivity contribution in [1.29, 1.82) is 0 Å². The highest BCUT2D eigenvalue weighted by Crippen LogP contribution is 2.31. The molecule has 3 heteroatoms. The second kappa shape index (κ2) is 5.73. The summed E-state index contributed by atoms with van der Waals surface area (Å²) in [4.78, 5) is 13.8. The fraction of sp³-hybridized carbons (Fsp3) is 0.214. The molecular weight excluding hydrogens is 230 g/mol. The first kappa shape index (κ1) is 12.0. The predicted octanol–water partition coefficient (Wildman–Crippen LogP) is 3.13. The second-order valence-electron chi connectivity index (χ2n) is 3.96. The van der Waals surface area contributed by atoms with Crippen LogP contribution in [0.5, 0.6) is 0 Å². The zero-order valence-corrected chi connectivity index (χ0v) is 10.4. The summed E-state index contributed by atoms with van der Waals surface area (Å²) >= 11 is 1.66. The summed E-state index contributed by atoms with van der Waals surface area (Å²) in [5.41, 5.74) is 0. The second-order valence-corrected chi connectivity index (χ2v) is 5.16. The van der Waals surface area contributed by atoms with Gasteiger partial charge in [-0.25, -0.2) is 0 Å². The average molecular weight is 245 g/mol. The Balaban J connectivity index is 2.05. The molecule has 0 saturated carbocycles. The predicted molar refractivity (Wildman–Crippen MR) is 71.7 cm³/mol. The van der Waals surface area contributed by atoms with Gasteiger partial charge in [0.15, 0.2) is 0 Å². The van der Waals surface area contributed by atoms with Gasteiger partial charge in [0.1, 0.15) is 0 Å². The van der Waals surface area contributed by atoms with Crippen LogP contribution in [0.4, 0.5) is 0 Å². The number of hydrogen-bond donors (Lipinski definition) is 1. The Kier molecular flexibility index (Phi) is 4.04. The zero-order valence-electron chi connectivity index (χ0n) is 9.56. The molecule has 17 heavy (non-hydrogen) atoms. The average Bonchev–Trinajstić information content (AvgIpc) is 2.30. The molecule has 0 bridgehead atoms. The van der Waals surface area contributed by atoms with Crippen LogP contribution >= 0.6 is 11.8 Å². The normalized spacial score (nSPS) is 19.4. The molecule has 1 unspecified atom stereocenters. The van der Waals surface area contributed by atoms with Gasteiger partial charge in [0.2, 0.25) is 5.91 Å². The Morgan fingerprint density at radius 2 is 2.18 bits per heavy atom. The molecule has 1 aliphatic rings. The SMILES string of the molecule is C=CCC1CC(Sc2ccccc2)=CC(=O)N1. The molecule has 1 aliphatic heterocycles. The summed E-state index contributed by atoms with van der Waals surface area (Å²) in [5, 5.41) is 2.93. The maximum Gasteiger partial charge on any atom is 0.245 e. The topological polar surface area (TPSA) is 29.1 Å². The summed E-state index contributed by atoms with van der Waals surface area (Å²) < 4.78 is 0. The van der Waals surface area contributed by atoms with Crippen LogP contribution in [-0.4, -0.2) is 11.9 Å². The van der Waals surface area contributed by atoms with Crippen molar-refractivity contribution in [3.63, 3.8) is 0 Å². The van der Waals surface area contributed by atoms with Crippen LogP contribution in [0.3, 0.4) is 0 Å². The van der Waals surface area contributed by atoms with Gasteiger partial charge in [-0.05, 0) is 29.9 Å². The summed E-state index contributed by atoms with van der Waals surface area (Å²) in [7, 11) is 0. The molecule has 1 atom stereocenters. The van der Waals surface area contributed by atoms with Crippen molar-refractivity contribution in [2.75, 3.05) is 0 Å². The Morgan fingerprint density at radius 1 is 1.41 bits per heavy atom. The minimum atomic E-state index is 0.00142. The van der Waals surface area contributed by atoms with E-state index in [0.29, 0.717) is 0 Å². The molecule has 0 aromatic heterocycles. The van der Waals surface area contributed by atoms with Crippen LogP contribution in [-0.2, 0) is 4.79 Å². The molecule has 0 spiro atoms. The van der Waals surface area contributed by atoms with Gasteiger partial charge in [0, 0.05) is 17.0 Å². The quantitative estimate of drug-likeness (QED) is 0.826. The summed E-state index contributed by atoms with van der Waals surface area (Å²) in [6.07, 6.45) is 5.24. The van der Waals surface area contributed by atoms with Crippen LogP contribution in [0.2, 0.25) is 0 Å². The Morgan fingerprint density at radius 3 is 2.88 bits per heavy atom. The van der Waals surface area contributed by atoms with Gasteiger partial charge >= 0.3 is 0 Å². The molecule has 0 aliphatic carbocycles. The number of benzene rings is 1. The van der Waals surface area contributed by atoms with Crippen LogP contribution in [0.25, 0.3) is 0 Å². The van der Waals surface area contributed by atoms with Crippen molar-refractivity contribution in [2.45, 2.75) is 23.8 Å². The fourth-order valence-corrected chi connectivity index (χ4v) is 2.84. The van der Waals surface area contributed by atoms with Crippen LogP contribution in [0.1, 0.15) is 12.8 Å². The van der Waals surface area contributed by atoms with Crippen molar-refractivity contribution in [1.82, 2.24) is 5.32 Å². The number of carbonyl (C=O) groups is 1. The van der Waals surface area contributed by atoms with E-state index in [0.717, 1.165) is 17.7 Å². The Bertz CT molecular complexity index is 439. The molecule has 2 rings (SSSR count). The van der Waals surface area contributed by atoms with Crippen molar-refractivity contribution in [3.05, 3.63) is 54.0 Å². The molecule has 88 valence electrons. The monoisotopic (exact) mass is 245 g/mol. The molecule has 0 fully saturated rings. The molecular formula is C14H15NOS. The van der Waals surface area contributed by atoms with E-state index in [4.69, 9.17) is 0 Å². The van der Waals surface area contributed by atoms with Crippen molar-refractivity contribution < 1.29 is 4.79 Å². The number of rotatable bonds is 4. The van der Waals surface area contributed by atoms with E-state index < -0.39 is 0 Å². The fourth-order valence-electron chi connectivity index (χ4n) is 1.80. The summed E-state index contributed by atoms with van der Waals surface area (Å²) in [6.45, 7) is 3.71. The lowest BCUT2D eigenvalue weighted by molar-refractivity contribution is -0.117. The van der Waals surface area contributed by atoms with Gasteiger partial charge in [0.25, 0.3) is 0 Å². The van der Waals surface area contributed by atoms with Gasteiger partial charge in [-0.3, -0.25) is 4.79 Å². The zero-order chi connectivity index (χ0) is 12.1. The lowest BCUT2D eigenvalue weighted by Gasteiger charge is -2.22. The number of amides is 1. The van der Waals surface area contributed by atoms with Gasteiger partial charge in [-0.2, -0.15) is 0 Å². The highest BCUT2D eigenvalue weighted by Gasteiger charge is 2.18. The molecule has 1 amide bonds. The standard InChI is InChI=1S/C14H15NOS/c1-2-6-11-9-13(10-14(16)15-11)17-12-7-4-3-5-8-12/h2-5,7-8,10-11H,1,6,9H2,(H,15,16). The van der Waals surface area contributed by atoms with E-state index >= 15 is 0 Å². The molecule has 1 aromatic rings. The van der Waals surface area contributed by atoms with E-state index in [2.05, 4.69) is 24.0 Å². The lowest BCUT2D eigenvalue weighted by Crippen LogP contribution is -2.36. The number of carbonyl (C=O) groups excluding carboxylic acids is 1. The molecule has 1 aromatic carbocycles.